The summed E-state index contributed by atoms with van der Waals surface area (Å²) in [6.07, 6.45) is -0.376. The van der Waals surface area contributed by atoms with Crippen LogP contribution in [0, 0.1) is 11.8 Å². The Morgan fingerprint density at radius 3 is 2.65 bits per heavy atom. The van der Waals surface area contributed by atoms with Crippen LogP contribution in [0.5, 0.6) is 0 Å². The van der Waals surface area contributed by atoms with E-state index in [1.54, 1.807) is 19.9 Å². The molecule has 0 aromatic heterocycles. The molecule has 23 heavy (non-hydrogen) atoms. The zero-order chi connectivity index (χ0) is 16.4. The Morgan fingerprint density at radius 2 is 1.96 bits per heavy atom. The summed E-state index contributed by atoms with van der Waals surface area (Å²) in [6, 6.07) is 8.83. The van der Waals surface area contributed by atoms with Crippen LogP contribution in [0.3, 0.4) is 0 Å². The Labute approximate surface area is 134 Å². The number of nitrogens with zero attached hydrogens (tertiary/aromatic N) is 3. The van der Waals surface area contributed by atoms with Crippen LogP contribution < -0.4 is 0 Å². The zero-order valence-corrected chi connectivity index (χ0v) is 12.9. The van der Waals surface area contributed by atoms with Crippen molar-refractivity contribution in [2.75, 3.05) is 0 Å². The lowest BCUT2D eigenvalue weighted by Crippen LogP contribution is -2.46. The molecule has 0 saturated carbocycles. The van der Waals surface area contributed by atoms with E-state index in [0.717, 1.165) is 5.56 Å². The molecule has 1 aliphatic carbocycles. The zero-order valence-electron chi connectivity index (χ0n) is 12.9. The van der Waals surface area contributed by atoms with Crippen molar-refractivity contribution >= 4 is 0 Å². The molecule has 1 heterocycles. The van der Waals surface area contributed by atoms with Crippen molar-refractivity contribution in [3.63, 3.8) is 0 Å². The highest BCUT2D eigenvalue weighted by Gasteiger charge is 2.50. The second kappa shape index (κ2) is 6.07. The lowest BCUT2D eigenvalue weighted by molar-refractivity contribution is -0.153. The third kappa shape index (κ3) is 3.24. The predicted octanol–water partition coefficient (Wildman–Crippen LogP) is 2.54. The highest BCUT2D eigenvalue weighted by molar-refractivity contribution is 5.45. The van der Waals surface area contributed by atoms with Crippen LogP contribution in [0.4, 0.5) is 0 Å². The fraction of sp³-hybridized carbons (Fsp3) is 0.412. The molecule has 1 aromatic rings. The van der Waals surface area contributed by atoms with E-state index in [4.69, 9.17) is 15.0 Å². The van der Waals surface area contributed by atoms with Crippen LogP contribution in [0.15, 0.2) is 47.1 Å². The first-order valence-electron chi connectivity index (χ1n) is 7.37. The third-order valence-corrected chi connectivity index (χ3v) is 3.78. The van der Waals surface area contributed by atoms with Crippen LogP contribution in [0.1, 0.15) is 19.4 Å². The number of benzene rings is 1. The van der Waals surface area contributed by atoms with Crippen LogP contribution in [-0.2, 0) is 9.47 Å². The van der Waals surface area contributed by atoms with Gasteiger partial charge < -0.3 is 14.6 Å². The number of fused-ring (bicyclic) bond motifs is 1. The molecule has 0 unspecified atom stereocenters. The summed E-state index contributed by atoms with van der Waals surface area (Å²) in [5.74, 6) is 5.30. The van der Waals surface area contributed by atoms with Crippen molar-refractivity contribution in [1.29, 1.82) is 0 Å². The van der Waals surface area contributed by atoms with E-state index >= 15 is 0 Å². The van der Waals surface area contributed by atoms with Crippen molar-refractivity contribution in [1.82, 2.24) is 0 Å². The molecule has 1 saturated heterocycles. The van der Waals surface area contributed by atoms with Gasteiger partial charge in [0.15, 0.2) is 5.79 Å². The average Bonchev–Trinajstić information content (AvgIpc) is 2.86. The number of rotatable bonds is 1. The first kappa shape index (κ1) is 15.6. The van der Waals surface area contributed by atoms with Gasteiger partial charge >= 0.3 is 0 Å². The molecule has 1 fully saturated rings. The second-order valence-corrected chi connectivity index (χ2v) is 5.94. The van der Waals surface area contributed by atoms with Crippen molar-refractivity contribution in [3.8, 4) is 11.8 Å². The summed E-state index contributed by atoms with van der Waals surface area (Å²) >= 11 is 0. The van der Waals surface area contributed by atoms with Gasteiger partial charge in [0.2, 0.25) is 0 Å². The largest absolute Gasteiger partial charge is 0.390 e. The standard InChI is InChI=1S/C17H17N3O3/c1-17(2)22-15-12(9-8-11-6-4-3-5-7-11)10-13(19-20-18)14(21)16(15)23-17/h3-7,10,13-16,21H,1-2H3/t13-,14+,15+,16-/m0/s1. The van der Waals surface area contributed by atoms with E-state index in [1.165, 1.54) is 0 Å². The number of azide groups is 1. The maximum absolute atomic E-state index is 10.3. The van der Waals surface area contributed by atoms with Crippen LogP contribution >= 0.6 is 0 Å². The summed E-state index contributed by atoms with van der Waals surface area (Å²) < 4.78 is 11.6. The molecule has 3 rings (SSSR count). The van der Waals surface area contributed by atoms with Gasteiger partial charge in [-0.25, -0.2) is 0 Å². The summed E-state index contributed by atoms with van der Waals surface area (Å²) in [6.45, 7) is 3.56. The van der Waals surface area contributed by atoms with Gasteiger partial charge in [-0.3, -0.25) is 0 Å². The molecule has 0 amide bonds. The van der Waals surface area contributed by atoms with E-state index in [9.17, 15) is 5.11 Å². The van der Waals surface area contributed by atoms with Crippen LogP contribution in [0.25, 0.3) is 10.4 Å². The number of hydrogen-bond donors (Lipinski definition) is 1. The molecular formula is C17H17N3O3. The van der Waals surface area contributed by atoms with Crippen LogP contribution in [-0.4, -0.2) is 35.2 Å². The molecule has 0 spiro atoms. The van der Waals surface area contributed by atoms with Gasteiger partial charge in [0.1, 0.15) is 12.2 Å². The first-order valence-corrected chi connectivity index (χ1v) is 7.37. The number of hydrogen-bond acceptors (Lipinski definition) is 4. The molecule has 0 bridgehead atoms. The van der Waals surface area contributed by atoms with Crippen molar-refractivity contribution in [2.24, 2.45) is 5.11 Å². The number of ether oxygens (including phenoxy) is 2. The molecule has 1 aliphatic heterocycles. The van der Waals surface area contributed by atoms with Gasteiger partial charge in [-0.15, -0.1) is 0 Å². The topological polar surface area (TPSA) is 87.5 Å². The highest BCUT2D eigenvalue weighted by atomic mass is 16.8. The Hall–Kier alpha value is -2.29. The van der Waals surface area contributed by atoms with Gasteiger partial charge in [-0.2, -0.15) is 0 Å². The highest BCUT2D eigenvalue weighted by Crippen LogP contribution is 2.38. The molecule has 118 valence electrons. The number of aliphatic hydroxyl groups excluding tert-OH is 1. The smallest absolute Gasteiger partial charge is 0.164 e. The third-order valence-electron chi connectivity index (χ3n) is 3.78. The van der Waals surface area contributed by atoms with E-state index in [1.807, 2.05) is 30.3 Å². The quantitative estimate of drug-likeness (QED) is 0.374. The predicted molar refractivity (Wildman–Crippen MR) is 84.2 cm³/mol. The summed E-state index contributed by atoms with van der Waals surface area (Å²) in [5.41, 5.74) is 10.2. The summed E-state index contributed by atoms with van der Waals surface area (Å²) in [7, 11) is 0. The van der Waals surface area contributed by atoms with Crippen LogP contribution in [0.2, 0.25) is 0 Å². The summed E-state index contributed by atoms with van der Waals surface area (Å²) in [5, 5.41) is 14.0. The first-order chi connectivity index (χ1) is 11.0. The molecule has 6 nitrogen and oxygen atoms in total. The van der Waals surface area contributed by atoms with Crippen molar-refractivity contribution < 1.29 is 14.6 Å². The van der Waals surface area contributed by atoms with Gasteiger partial charge in [-0.1, -0.05) is 41.2 Å². The van der Waals surface area contributed by atoms with Crippen molar-refractivity contribution in [2.45, 2.75) is 44.0 Å². The fourth-order valence-electron chi connectivity index (χ4n) is 2.79. The minimum absolute atomic E-state index is 0.471. The lowest BCUT2D eigenvalue weighted by atomic mass is 9.88. The van der Waals surface area contributed by atoms with E-state index in [0.29, 0.717) is 5.57 Å². The minimum Gasteiger partial charge on any atom is -0.390 e. The average molecular weight is 311 g/mol. The molecule has 6 heteroatoms. The molecule has 0 radical (unpaired) electrons. The molecule has 4 atom stereocenters. The molecule has 1 aromatic carbocycles. The minimum atomic E-state index is -0.958. The molecular weight excluding hydrogens is 294 g/mol. The van der Waals surface area contributed by atoms with E-state index < -0.39 is 30.1 Å². The maximum atomic E-state index is 10.3. The Bertz CT molecular complexity index is 726. The number of aliphatic hydroxyl groups is 1. The molecule has 2 aliphatic rings. The van der Waals surface area contributed by atoms with Gasteiger partial charge in [0.05, 0.1) is 12.1 Å². The van der Waals surface area contributed by atoms with Gasteiger partial charge in [0, 0.05) is 16.0 Å². The Balaban J connectivity index is 1.97. The molecule has 1 N–H and O–H groups in total. The Morgan fingerprint density at radius 1 is 1.22 bits per heavy atom. The van der Waals surface area contributed by atoms with E-state index in [-0.39, 0.29) is 0 Å². The van der Waals surface area contributed by atoms with E-state index in [2.05, 4.69) is 21.9 Å². The Kier molecular flexibility index (Phi) is 4.12. The SMILES string of the molecule is CC1(C)O[C@H]2[C@H](O)[C@@H](N=[N+]=[N-])C=C(C#Cc3ccccc3)[C@H]2O1. The summed E-state index contributed by atoms with van der Waals surface area (Å²) in [4.78, 5) is 2.79. The van der Waals surface area contributed by atoms with Crippen molar-refractivity contribution in [3.05, 3.63) is 58.0 Å². The second-order valence-electron chi connectivity index (χ2n) is 5.94. The monoisotopic (exact) mass is 311 g/mol. The van der Waals surface area contributed by atoms with Gasteiger partial charge in [-0.05, 0) is 31.5 Å². The fourth-order valence-corrected chi connectivity index (χ4v) is 2.79. The maximum Gasteiger partial charge on any atom is 0.164 e. The lowest BCUT2D eigenvalue weighted by Gasteiger charge is -2.30. The van der Waals surface area contributed by atoms with Gasteiger partial charge in [0.25, 0.3) is 0 Å². The normalized spacial score (nSPS) is 31.2.